The Morgan fingerprint density at radius 2 is 2.12 bits per heavy atom. The van der Waals surface area contributed by atoms with Gasteiger partial charge in [-0.05, 0) is 25.0 Å². The highest BCUT2D eigenvalue weighted by Gasteiger charge is 2.27. The van der Waals surface area contributed by atoms with Gasteiger partial charge >= 0.3 is 11.9 Å². The van der Waals surface area contributed by atoms with Crippen LogP contribution in [0.1, 0.15) is 45.3 Å². The molecule has 0 aromatic carbocycles. The molecule has 2 rings (SSSR count). The van der Waals surface area contributed by atoms with Gasteiger partial charge in [-0.25, -0.2) is 14.6 Å². The molecular weight excluding hydrogens is 210 g/mol. The molecule has 0 unspecified atom stereocenters. The fraction of sp³-hybridized carbons (Fsp3) is 0.364. The normalized spacial score (nSPS) is 14.6. The molecule has 1 aromatic heterocycles. The van der Waals surface area contributed by atoms with E-state index in [9.17, 15) is 9.59 Å². The van der Waals surface area contributed by atoms with E-state index in [0.29, 0.717) is 11.6 Å². The average molecular weight is 221 g/mol. The number of hydrogen-bond donors (Lipinski definition) is 1. The summed E-state index contributed by atoms with van der Waals surface area (Å²) < 4.78 is 4.53. The first-order valence-electron chi connectivity index (χ1n) is 4.95. The molecule has 5 nitrogen and oxygen atoms in total. The van der Waals surface area contributed by atoms with E-state index in [-0.39, 0.29) is 11.3 Å². The topological polar surface area (TPSA) is 76.5 Å². The number of hydrogen-bond acceptors (Lipinski definition) is 4. The summed E-state index contributed by atoms with van der Waals surface area (Å²) in [4.78, 5) is 26.3. The van der Waals surface area contributed by atoms with Gasteiger partial charge in [0.15, 0.2) is 0 Å². The predicted octanol–water partition coefficient (Wildman–Crippen LogP) is 1.44. The van der Waals surface area contributed by atoms with Crippen molar-refractivity contribution in [2.75, 3.05) is 7.11 Å². The predicted molar refractivity (Wildman–Crippen MR) is 54.5 cm³/mol. The van der Waals surface area contributed by atoms with Crippen LogP contribution in [0.15, 0.2) is 12.1 Å². The van der Waals surface area contributed by atoms with Crippen molar-refractivity contribution in [1.82, 2.24) is 4.98 Å². The van der Waals surface area contributed by atoms with Gasteiger partial charge < -0.3 is 9.84 Å². The van der Waals surface area contributed by atoms with Gasteiger partial charge in [0.25, 0.3) is 0 Å². The Bertz CT molecular complexity index is 451. The van der Waals surface area contributed by atoms with Crippen molar-refractivity contribution in [3.8, 4) is 0 Å². The molecule has 0 atom stereocenters. The lowest BCUT2D eigenvalue weighted by molar-refractivity contribution is 0.0593. The van der Waals surface area contributed by atoms with E-state index in [1.54, 1.807) is 0 Å². The van der Waals surface area contributed by atoms with E-state index in [1.807, 2.05) is 0 Å². The number of aromatic carboxylic acids is 1. The third kappa shape index (κ3) is 2.03. The summed E-state index contributed by atoms with van der Waals surface area (Å²) in [5.74, 6) is -1.37. The molecule has 0 radical (unpaired) electrons. The highest BCUT2D eigenvalue weighted by atomic mass is 16.5. The summed E-state index contributed by atoms with van der Waals surface area (Å²) >= 11 is 0. The fourth-order valence-corrected chi connectivity index (χ4v) is 1.47. The molecule has 0 saturated heterocycles. The van der Waals surface area contributed by atoms with Crippen molar-refractivity contribution in [2.45, 2.75) is 18.8 Å². The van der Waals surface area contributed by atoms with Crippen LogP contribution in [0.5, 0.6) is 0 Å². The summed E-state index contributed by atoms with van der Waals surface area (Å²) in [6.45, 7) is 0. The van der Waals surface area contributed by atoms with Gasteiger partial charge in [0.2, 0.25) is 0 Å². The van der Waals surface area contributed by atoms with Crippen LogP contribution < -0.4 is 0 Å². The Morgan fingerprint density at radius 3 is 2.62 bits per heavy atom. The Kier molecular flexibility index (Phi) is 2.60. The summed E-state index contributed by atoms with van der Waals surface area (Å²) in [7, 11) is 1.24. The van der Waals surface area contributed by atoms with Crippen LogP contribution in [-0.2, 0) is 4.74 Å². The van der Waals surface area contributed by atoms with E-state index < -0.39 is 11.9 Å². The van der Waals surface area contributed by atoms with Crippen molar-refractivity contribution in [3.63, 3.8) is 0 Å². The lowest BCUT2D eigenvalue weighted by Crippen LogP contribution is -2.09. The second-order valence-corrected chi connectivity index (χ2v) is 3.74. The molecule has 84 valence electrons. The monoisotopic (exact) mass is 221 g/mol. The standard InChI is InChI=1S/C11H11NO4/c1-16-11(15)9-5-7(10(13)14)4-8(12-9)6-2-3-6/h4-6H,2-3H2,1H3,(H,13,14). The number of carboxylic acids is 1. The largest absolute Gasteiger partial charge is 0.478 e. The molecule has 1 N–H and O–H groups in total. The number of carbonyl (C=O) groups is 2. The number of pyridine rings is 1. The minimum absolute atomic E-state index is 0.0595. The van der Waals surface area contributed by atoms with E-state index in [0.717, 1.165) is 12.8 Å². The van der Waals surface area contributed by atoms with Gasteiger partial charge in [-0.15, -0.1) is 0 Å². The second-order valence-electron chi connectivity index (χ2n) is 3.74. The van der Waals surface area contributed by atoms with Crippen molar-refractivity contribution < 1.29 is 19.4 Å². The highest BCUT2D eigenvalue weighted by molar-refractivity contribution is 5.93. The van der Waals surface area contributed by atoms with Gasteiger partial charge in [0.05, 0.1) is 12.7 Å². The number of methoxy groups -OCH3 is 1. The second kappa shape index (κ2) is 3.92. The number of carboxylic acid groups (broad SMARTS) is 1. The molecule has 0 amide bonds. The maximum absolute atomic E-state index is 11.3. The van der Waals surface area contributed by atoms with Crippen molar-refractivity contribution in [2.24, 2.45) is 0 Å². The van der Waals surface area contributed by atoms with Crippen LogP contribution in [0.4, 0.5) is 0 Å². The number of rotatable bonds is 3. The summed E-state index contributed by atoms with van der Waals surface area (Å²) in [5, 5.41) is 8.91. The third-order valence-corrected chi connectivity index (χ3v) is 2.48. The Balaban J connectivity index is 2.44. The van der Waals surface area contributed by atoms with Gasteiger partial charge in [-0.2, -0.15) is 0 Å². The first kappa shape index (κ1) is 10.6. The lowest BCUT2D eigenvalue weighted by atomic mass is 10.1. The molecule has 0 bridgehead atoms. The van der Waals surface area contributed by atoms with Crippen LogP contribution in [0.3, 0.4) is 0 Å². The van der Waals surface area contributed by atoms with Crippen LogP contribution in [0.2, 0.25) is 0 Å². The molecule has 1 aliphatic carbocycles. The van der Waals surface area contributed by atoms with Gasteiger partial charge in [-0.3, -0.25) is 0 Å². The van der Waals surface area contributed by atoms with Gasteiger partial charge in [0.1, 0.15) is 5.69 Å². The number of ether oxygens (including phenoxy) is 1. The van der Waals surface area contributed by atoms with Crippen molar-refractivity contribution in [3.05, 3.63) is 29.1 Å². The van der Waals surface area contributed by atoms with Gasteiger partial charge in [0, 0.05) is 11.6 Å². The smallest absolute Gasteiger partial charge is 0.356 e. The van der Waals surface area contributed by atoms with Crippen LogP contribution in [-0.4, -0.2) is 29.1 Å². The van der Waals surface area contributed by atoms with E-state index >= 15 is 0 Å². The van der Waals surface area contributed by atoms with Gasteiger partial charge in [-0.1, -0.05) is 0 Å². The summed E-state index contributed by atoms with van der Waals surface area (Å²) in [6, 6.07) is 2.76. The number of nitrogens with zero attached hydrogens (tertiary/aromatic N) is 1. The SMILES string of the molecule is COC(=O)c1cc(C(=O)O)cc(C2CC2)n1. The van der Waals surface area contributed by atoms with E-state index in [1.165, 1.54) is 19.2 Å². The van der Waals surface area contributed by atoms with Crippen molar-refractivity contribution >= 4 is 11.9 Å². The molecule has 16 heavy (non-hydrogen) atoms. The fourth-order valence-electron chi connectivity index (χ4n) is 1.47. The Hall–Kier alpha value is -1.91. The van der Waals surface area contributed by atoms with E-state index in [2.05, 4.69) is 9.72 Å². The van der Waals surface area contributed by atoms with E-state index in [4.69, 9.17) is 5.11 Å². The lowest BCUT2D eigenvalue weighted by Gasteiger charge is -2.04. The number of aromatic nitrogens is 1. The molecule has 1 fully saturated rings. The first-order valence-corrected chi connectivity index (χ1v) is 4.95. The summed E-state index contributed by atoms with van der Waals surface area (Å²) in [5.41, 5.74) is 0.807. The van der Waals surface area contributed by atoms with Crippen LogP contribution >= 0.6 is 0 Å². The quantitative estimate of drug-likeness (QED) is 0.781. The minimum Gasteiger partial charge on any atom is -0.478 e. The van der Waals surface area contributed by atoms with Crippen molar-refractivity contribution in [1.29, 1.82) is 0 Å². The minimum atomic E-state index is -1.06. The summed E-state index contributed by atoms with van der Waals surface area (Å²) in [6.07, 6.45) is 1.99. The molecule has 1 aliphatic rings. The maximum atomic E-state index is 11.3. The molecule has 1 heterocycles. The maximum Gasteiger partial charge on any atom is 0.356 e. The average Bonchev–Trinajstić information content (AvgIpc) is 3.11. The molecule has 1 saturated carbocycles. The van der Waals surface area contributed by atoms with Crippen LogP contribution in [0.25, 0.3) is 0 Å². The zero-order chi connectivity index (χ0) is 11.7. The highest BCUT2D eigenvalue weighted by Crippen LogP contribution is 2.39. The molecule has 1 aromatic rings. The molecule has 0 aliphatic heterocycles. The Morgan fingerprint density at radius 1 is 1.44 bits per heavy atom. The molecular formula is C11H11NO4. The zero-order valence-corrected chi connectivity index (χ0v) is 8.77. The number of esters is 1. The molecule has 5 heteroatoms. The Labute approximate surface area is 92.1 Å². The van der Waals surface area contributed by atoms with Crippen LogP contribution in [0, 0.1) is 0 Å². The third-order valence-electron chi connectivity index (χ3n) is 2.48. The molecule has 0 spiro atoms. The zero-order valence-electron chi connectivity index (χ0n) is 8.77. The number of carbonyl (C=O) groups excluding carboxylic acids is 1. The first-order chi connectivity index (χ1) is 7.61.